The predicted octanol–water partition coefficient (Wildman–Crippen LogP) is 1.96. The van der Waals surface area contributed by atoms with Gasteiger partial charge in [-0.05, 0) is 40.8 Å². The maximum atomic E-state index is 5.91. The highest BCUT2D eigenvalue weighted by Crippen LogP contribution is 2.23. The quantitative estimate of drug-likeness (QED) is 0.683. The second-order valence-electron chi connectivity index (χ2n) is 3.12. The lowest BCUT2D eigenvalue weighted by Crippen LogP contribution is -2.22. The number of benzene rings is 1. The van der Waals surface area contributed by atoms with Gasteiger partial charge in [-0.2, -0.15) is 0 Å². The molecule has 0 radical (unpaired) electrons. The van der Waals surface area contributed by atoms with Crippen LogP contribution in [0.4, 0.5) is 11.4 Å². The highest BCUT2D eigenvalue weighted by atomic mass is 127. The minimum absolute atomic E-state index is 0.710. The van der Waals surface area contributed by atoms with Crippen molar-refractivity contribution in [2.75, 3.05) is 37.9 Å². The molecule has 78 valence electrons. The summed E-state index contributed by atoms with van der Waals surface area (Å²) in [7, 11) is 3.71. The van der Waals surface area contributed by atoms with Crippen LogP contribution in [0.1, 0.15) is 0 Å². The molecule has 0 spiro atoms. The fourth-order valence-electron chi connectivity index (χ4n) is 1.22. The van der Waals surface area contributed by atoms with Crippen LogP contribution in [-0.2, 0) is 4.74 Å². The summed E-state index contributed by atoms with van der Waals surface area (Å²) >= 11 is 2.25. The van der Waals surface area contributed by atoms with E-state index in [1.807, 2.05) is 19.2 Å². The SMILES string of the molecule is COCCN(C)c1ccc(I)cc1N. The van der Waals surface area contributed by atoms with Crippen LogP contribution < -0.4 is 10.6 Å². The molecule has 0 amide bonds. The van der Waals surface area contributed by atoms with E-state index in [1.165, 1.54) is 0 Å². The molecule has 0 bridgehead atoms. The summed E-state index contributed by atoms with van der Waals surface area (Å²) in [5.74, 6) is 0. The Balaban J connectivity index is 2.74. The highest BCUT2D eigenvalue weighted by molar-refractivity contribution is 14.1. The Hall–Kier alpha value is -0.490. The lowest BCUT2D eigenvalue weighted by molar-refractivity contribution is 0.206. The zero-order valence-electron chi connectivity index (χ0n) is 8.46. The third kappa shape index (κ3) is 3.02. The normalized spacial score (nSPS) is 10.2. The smallest absolute Gasteiger partial charge is 0.0637 e. The van der Waals surface area contributed by atoms with Crippen molar-refractivity contribution in [2.24, 2.45) is 0 Å². The maximum absolute atomic E-state index is 5.91. The van der Waals surface area contributed by atoms with Crippen LogP contribution in [0.2, 0.25) is 0 Å². The third-order valence-electron chi connectivity index (χ3n) is 2.03. The van der Waals surface area contributed by atoms with Crippen LogP contribution in [0, 0.1) is 3.57 Å². The average Bonchev–Trinajstić information content (AvgIpc) is 2.14. The first kappa shape index (κ1) is 11.6. The number of likely N-dealkylation sites (N-methyl/N-ethyl adjacent to an activating group) is 1. The van der Waals surface area contributed by atoms with Crippen LogP contribution in [0.25, 0.3) is 0 Å². The molecule has 0 heterocycles. The van der Waals surface area contributed by atoms with Gasteiger partial charge < -0.3 is 15.4 Å². The van der Waals surface area contributed by atoms with Gasteiger partial charge in [0.2, 0.25) is 0 Å². The van der Waals surface area contributed by atoms with Crippen molar-refractivity contribution in [2.45, 2.75) is 0 Å². The average molecular weight is 306 g/mol. The van der Waals surface area contributed by atoms with Crippen molar-refractivity contribution in [3.8, 4) is 0 Å². The molecule has 0 aliphatic rings. The van der Waals surface area contributed by atoms with Crippen LogP contribution in [-0.4, -0.2) is 27.3 Å². The summed E-state index contributed by atoms with van der Waals surface area (Å²) in [5, 5.41) is 0. The minimum atomic E-state index is 0.710. The van der Waals surface area contributed by atoms with Crippen molar-refractivity contribution in [3.05, 3.63) is 21.8 Å². The molecule has 0 saturated heterocycles. The Labute approximate surface area is 98.4 Å². The van der Waals surface area contributed by atoms with E-state index in [9.17, 15) is 0 Å². The first-order chi connectivity index (χ1) is 6.65. The number of anilines is 2. The van der Waals surface area contributed by atoms with E-state index in [-0.39, 0.29) is 0 Å². The Morgan fingerprint density at radius 2 is 2.21 bits per heavy atom. The molecule has 1 aromatic rings. The summed E-state index contributed by atoms with van der Waals surface area (Å²) in [6.07, 6.45) is 0. The molecular formula is C10H15IN2O. The van der Waals surface area contributed by atoms with Gasteiger partial charge in [-0.25, -0.2) is 0 Å². The third-order valence-corrected chi connectivity index (χ3v) is 2.70. The Bertz CT molecular complexity index is 304. The summed E-state index contributed by atoms with van der Waals surface area (Å²) < 4.78 is 6.17. The number of methoxy groups -OCH3 is 1. The standard InChI is InChI=1S/C10H15IN2O/c1-13(5-6-14-2)10-4-3-8(11)7-9(10)12/h3-4,7H,5-6,12H2,1-2H3. The van der Waals surface area contributed by atoms with E-state index in [1.54, 1.807) is 7.11 Å². The van der Waals surface area contributed by atoms with Gasteiger partial charge in [-0.1, -0.05) is 0 Å². The summed E-state index contributed by atoms with van der Waals surface area (Å²) in [6, 6.07) is 6.06. The molecule has 0 aliphatic carbocycles. The van der Waals surface area contributed by atoms with E-state index in [4.69, 9.17) is 10.5 Å². The van der Waals surface area contributed by atoms with Crippen LogP contribution in [0.5, 0.6) is 0 Å². The number of ether oxygens (including phenoxy) is 1. The number of nitrogen functional groups attached to an aromatic ring is 1. The number of nitrogens with zero attached hydrogens (tertiary/aromatic N) is 1. The molecule has 0 atom stereocenters. The van der Waals surface area contributed by atoms with Gasteiger partial charge in [0.15, 0.2) is 0 Å². The van der Waals surface area contributed by atoms with E-state index in [2.05, 4.69) is 33.6 Å². The van der Waals surface area contributed by atoms with Crippen molar-refractivity contribution >= 4 is 34.0 Å². The number of hydrogen-bond donors (Lipinski definition) is 1. The van der Waals surface area contributed by atoms with Crippen molar-refractivity contribution < 1.29 is 4.74 Å². The summed E-state index contributed by atoms with van der Waals surface area (Å²) in [6.45, 7) is 1.56. The van der Waals surface area contributed by atoms with E-state index in [0.717, 1.165) is 21.5 Å². The molecule has 1 aromatic carbocycles. The molecular weight excluding hydrogens is 291 g/mol. The molecule has 14 heavy (non-hydrogen) atoms. The Morgan fingerprint density at radius 1 is 1.50 bits per heavy atom. The van der Waals surface area contributed by atoms with Gasteiger partial charge in [0.25, 0.3) is 0 Å². The van der Waals surface area contributed by atoms with Gasteiger partial charge in [-0.3, -0.25) is 0 Å². The molecule has 2 N–H and O–H groups in total. The number of hydrogen-bond acceptors (Lipinski definition) is 3. The van der Waals surface area contributed by atoms with Gasteiger partial charge >= 0.3 is 0 Å². The van der Waals surface area contributed by atoms with E-state index < -0.39 is 0 Å². The second-order valence-corrected chi connectivity index (χ2v) is 4.36. The largest absolute Gasteiger partial charge is 0.397 e. The van der Waals surface area contributed by atoms with Gasteiger partial charge in [0.05, 0.1) is 18.0 Å². The molecule has 0 fully saturated rings. The topological polar surface area (TPSA) is 38.5 Å². The minimum Gasteiger partial charge on any atom is -0.397 e. The molecule has 4 heteroatoms. The molecule has 1 rings (SSSR count). The van der Waals surface area contributed by atoms with E-state index >= 15 is 0 Å². The fraction of sp³-hybridized carbons (Fsp3) is 0.400. The zero-order valence-corrected chi connectivity index (χ0v) is 10.6. The zero-order chi connectivity index (χ0) is 10.6. The van der Waals surface area contributed by atoms with Crippen LogP contribution in [0.3, 0.4) is 0 Å². The van der Waals surface area contributed by atoms with E-state index in [0.29, 0.717) is 6.61 Å². The van der Waals surface area contributed by atoms with Gasteiger partial charge in [0, 0.05) is 24.3 Å². The molecule has 0 aromatic heterocycles. The van der Waals surface area contributed by atoms with Gasteiger partial charge in [-0.15, -0.1) is 0 Å². The lowest BCUT2D eigenvalue weighted by Gasteiger charge is -2.20. The molecule has 0 saturated carbocycles. The summed E-state index contributed by atoms with van der Waals surface area (Å²) in [4.78, 5) is 2.09. The second kappa shape index (κ2) is 5.41. The molecule has 3 nitrogen and oxygen atoms in total. The first-order valence-corrected chi connectivity index (χ1v) is 5.48. The Morgan fingerprint density at radius 3 is 2.79 bits per heavy atom. The number of rotatable bonds is 4. The van der Waals surface area contributed by atoms with Crippen molar-refractivity contribution in [1.29, 1.82) is 0 Å². The highest BCUT2D eigenvalue weighted by Gasteiger charge is 2.04. The number of nitrogens with two attached hydrogens (primary N) is 1. The van der Waals surface area contributed by atoms with Crippen LogP contribution >= 0.6 is 22.6 Å². The lowest BCUT2D eigenvalue weighted by atomic mass is 10.2. The predicted molar refractivity (Wildman–Crippen MR) is 68.7 cm³/mol. The fourth-order valence-corrected chi connectivity index (χ4v) is 1.74. The molecule has 0 unspecified atom stereocenters. The van der Waals surface area contributed by atoms with Crippen molar-refractivity contribution in [3.63, 3.8) is 0 Å². The Kier molecular flexibility index (Phi) is 4.47. The van der Waals surface area contributed by atoms with Crippen LogP contribution in [0.15, 0.2) is 18.2 Å². The monoisotopic (exact) mass is 306 g/mol. The molecule has 0 aliphatic heterocycles. The first-order valence-electron chi connectivity index (χ1n) is 4.40. The number of halogens is 1. The van der Waals surface area contributed by atoms with Crippen molar-refractivity contribution in [1.82, 2.24) is 0 Å². The maximum Gasteiger partial charge on any atom is 0.0637 e. The van der Waals surface area contributed by atoms with Gasteiger partial charge in [0.1, 0.15) is 0 Å². The summed E-state index contributed by atoms with van der Waals surface area (Å²) in [5.41, 5.74) is 7.78.